The van der Waals surface area contributed by atoms with E-state index >= 15 is 0 Å². The zero-order valence-corrected chi connectivity index (χ0v) is 16.7. The van der Waals surface area contributed by atoms with Gasteiger partial charge in [-0.3, -0.25) is 4.68 Å². The standard InChI is InChI=1S/C23H26F3N3/c1-3-9-17(15-18(10-4-2)23(24,25)26)21-16-22-20(13-8-14-29(22)28-21)27-19-11-6-5-7-12-19/h3,5-7,9-12,15-16,20,27H,4,8,13-14H2,1-2H3/b9-3-,17-15+,18-10-. The van der Waals surface area contributed by atoms with E-state index in [9.17, 15) is 13.2 Å². The molecule has 29 heavy (non-hydrogen) atoms. The highest BCUT2D eigenvalue weighted by Crippen LogP contribution is 2.33. The molecule has 3 nitrogen and oxygen atoms in total. The van der Waals surface area contributed by atoms with E-state index < -0.39 is 11.7 Å². The van der Waals surface area contributed by atoms with Crippen LogP contribution in [0.25, 0.3) is 5.57 Å². The Balaban J connectivity index is 1.96. The van der Waals surface area contributed by atoms with E-state index in [0.717, 1.165) is 30.8 Å². The minimum atomic E-state index is -4.39. The molecule has 154 valence electrons. The molecule has 6 heteroatoms. The summed E-state index contributed by atoms with van der Waals surface area (Å²) in [7, 11) is 0. The molecule has 0 bridgehead atoms. The van der Waals surface area contributed by atoms with Crippen LogP contribution in [0.4, 0.5) is 18.9 Å². The number of aromatic nitrogens is 2. The SMILES string of the molecule is C\C=C/C(=C\C(=C\CC)C(F)(F)F)c1cc2n(n1)CCCC2Nc1ccccc1. The average molecular weight is 401 g/mol. The molecule has 0 amide bonds. The van der Waals surface area contributed by atoms with Crippen molar-refractivity contribution in [1.29, 1.82) is 0 Å². The van der Waals surface area contributed by atoms with Crippen molar-refractivity contribution in [3.05, 3.63) is 77.7 Å². The highest BCUT2D eigenvalue weighted by Gasteiger charge is 2.32. The molecule has 1 unspecified atom stereocenters. The number of fused-ring (bicyclic) bond motifs is 1. The second-order valence-corrected chi connectivity index (χ2v) is 7.05. The molecular formula is C23H26F3N3. The van der Waals surface area contributed by atoms with E-state index in [2.05, 4.69) is 10.4 Å². The summed E-state index contributed by atoms with van der Waals surface area (Å²) in [6, 6.07) is 11.9. The van der Waals surface area contributed by atoms with Gasteiger partial charge in [-0.1, -0.05) is 43.4 Å². The van der Waals surface area contributed by atoms with Gasteiger partial charge in [0.2, 0.25) is 0 Å². The van der Waals surface area contributed by atoms with Gasteiger partial charge < -0.3 is 5.32 Å². The number of alkyl halides is 3. The molecule has 1 aromatic heterocycles. The second kappa shape index (κ2) is 9.16. The molecule has 1 aliphatic rings. The first-order valence-corrected chi connectivity index (χ1v) is 9.93. The van der Waals surface area contributed by atoms with Crippen LogP contribution >= 0.6 is 0 Å². The lowest BCUT2D eigenvalue weighted by Crippen LogP contribution is -2.21. The topological polar surface area (TPSA) is 29.9 Å². The van der Waals surface area contributed by atoms with Crippen molar-refractivity contribution < 1.29 is 13.2 Å². The number of anilines is 1. The van der Waals surface area contributed by atoms with Crippen molar-refractivity contribution in [2.75, 3.05) is 5.32 Å². The van der Waals surface area contributed by atoms with Gasteiger partial charge in [-0.15, -0.1) is 0 Å². The van der Waals surface area contributed by atoms with E-state index in [1.54, 1.807) is 26.0 Å². The van der Waals surface area contributed by atoms with E-state index in [4.69, 9.17) is 0 Å². The summed E-state index contributed by atoms with van der Waals surface area (Å²) in [4.78, 5) is 0. The van der Waals surface area contributed by atoms with Crippen LogP contribution in [0.3, 0.4) is 0 Å². The van der Waals surface area contributed by atoms with Crippen LogP contribution in [0.5, 0.6) is 0 Å². The lowest BCUT2D eigenvalue weighted by Gasteiger charge is -2.25. The third-order valence-corrected chi connectivity index (χ3v) is 4.85. The van der Waals surface area contributed by atoms with Gasteiger partial charge in [0.15, 0.2) is 0 Å². The van der Waals surface area contributed by atoms with Crippen LogP contribution in [-0.2, 0) is 6.54 Å². The van der Waals surface area contributed by atoms with Gasteiger partial charge in [0.05, 0.1) is 23.0 Å². The van der Waals surface area contributed by atoms with Crippen molar-refractivity contribution in [3.63, 3.8) is 0 Å². The van der Waals surface area contributed by atoms with E-state index in [1.165, 1.54) is 12.2 Å². The molecule has 0 radical (unpaired) electrons. The predicted molar refractivity (Wildman–Crippen MR) is 111 cm³/mol. The Hall–Kier alpha value is -2.76. The highest BCUT2D eigenvalue weighted by atomic mass is 19.4. The zero-order chi connectivity index (χ0) is 20.9. The number of halogens is 3. The van der Waals surface area contributed by atoms with Gasteiger partial charge in [0, 0.05) is 17.8 Å². The number of aryl methyl sites for hydroxylation is 1. The largest absolute Gasteiger partial charge is 0.416 e. The summed E-state index contributed by atoms with van der Waals surface area (Å²) < 4.78 is 42.1. The number of nitrogens with one attached hydrogen (secondary N) is 1. The Bertz CT molecular complexity index is 905. The maximum Gasteiger partial charge on any atom is 0.416 e. The summed E-state index contributed by atoms with van der Waals surface area (Å²) in [5, 5.41) is 8.14. The molecule has 0 saturated carbocycles. The van der Waals surface area contributed by atoms with Crippen LogP contribution in [0, 0.1) is 0 Å². The van der Waals surface area contributed by atoms with Gasteiger partial charge in [0.1, 0.15) is 0 Å². The summed E-state index contributed by atoms with van der Waals surface area (Å²) >= 11 is 0. The summed E-state index contributed by atoms with van der Waals surface area (Å²) in [6.07, 6.45) is 3.66. The lowest BCUT2D eigenvalue weighted by molar-refractivity contribution is -0.0883. The fourth-order valence-corrected chi connectivity index (χ4v) is 3.54. The van der Waals surface area contributed by atoms with Gasteiger partial charge in [-0.05, 0) is 50.5 Å². The fourth-order valence-electron chi connectivity index (χ4n) is 3.54. The number of hydrogen-bond acceptors (Lipinski definition) is 2. The highest BCUT2D eigenvalue weighted by molar-refractivity contribution is 5.74. The molecule has 0 aliphatic carbocycles. The first-order valence-electron chi connectivity index (χ1n) is 9.93. The van der Waals surface area contributed by atoms with Crippen LogP contribution in [0.1, 0.15) is 50.5 Å². The number of allylic oxidation sites excluding steroid dienone is 6. The number of benzene rings is 1. The van der Waals surface area contributed by atoms with Gasteiger partial charge >= 0.3 is 6.18 Å². The number of para-hydroxylation sites is 1. The lowest BCUT2D eigenvalue weighted by atomic mass is 10.0. The third kappa shape index (κ3) is 5.19. The Morgan fingerprint density at radius 3 is 2.69 bits per heavy atom. The third-order valence-electron chi connectivity index (χ3n) is 4.85. The molecule has 0 saturated heterocycles. The Labute approximate surface area is 169 Å². The molecule has 0 fully saturated rings. The van der Waals surface area contributed by atoms with Crippen molar-refractivity contribution >= 4 is 11.3 Å². The Morgan fingerprint density at radius 2 is 2.03 bits per heavy atom. The van der Waals surface area contributed by atoms with E-state index in [0.29, 0.717) is 17.7 Å². The number of hydrogen-bond donors (Lipinski definition) is 1. The minimum absolute atomic E-state index is 0.0764. The maximum atomic E-state index is 13.4. The van der Waals surface area contributed by atoms with Gasteiger partial charge in [-0.2, -0.15) is 18.3 Å². The Morgan fingerprint density at radius 1 is 1.28 bits per heavy atom. The summed E-state index contributed by atoms with van der Waals surface area (Å²) in [5.41, 5.74) is 2.40. The molecular weight excluding hydrogens is 375 g/mol. The molecule has 2 aromatic rings. The summed E-state index contributed by atoms with van der Waals surface area (Å²) in [5.74, 6) is 0. The first kappa shape index (κ1) is 21.0. The number of nitrogens with zero attached hydrogens (tertiary/aromatic N) is 2. The molecule has 1 aliphatic heterocycles. The Kier molecular flexibility index (Phi) is 6.62. The molecule has 1 atom stereocenters. The smallest absolute Gasteiger partial charge is 0.377 e. The molecule has 3 rings (SSSR count). The van der Waals surface area contributed by atoms with Crippen LogP contribution < -0.4 is 5.32 Å². The van der Waals surface area contributed by atoms with Crippen molar-refractivity contribution in [2.45, 2.75) is 51.9 Å². The quantitative estimate of drug-likeness (QED) is 0.547. The zero-order valence-electron chi connectivity index (χ0n) is 16.7. The van der Waals surface area contributed by atoms with Crippen molar-refractivity contribution in [3.8, 4) is 0 Å². The predicted octanol–water partition coefficient (Wildman–Crippen LogP) is 6.69. The molecule has 2 heterocycles. The normalized spacial score (nSPS) is 18.2. The van der Waals surface area contributed by atoms with Crippen LogP contribution in [-0.4, -0.2) is 16.0 Å². The molecule has 1 N–H and O–H groups in total. The monoisotopic (exact) mass is 401 g/mol. The van der Waals surface area contributed by atoms with Crippen molar-refractivity contribution in [1.82, 2.24) is 9.78 Å². The van der Waals surface area contributed by atoms with E-state index in [1.807, 2.05) is 41.1 Å². The number of rotatable bonds is 6. The first-order chi connectivity index (χ1) is 13.9. The summed E-state index contributed by atoms with van der Waals surface area (Å²) in [6.45, 7) is 4.26. The average Bonchev–Trinajstić information content (AvgIpc) is 3.12. The maximum absolute atomic E-state index is 13.4. The van der Waals surface area contributed by atoms with Crippen LogP contribution in [0.15, 0.2) is 66.3 Å². The van der Waals surface area contributed by atoms with Crippen molar-refractivity contribution in [2.24, 2.45) is 0 Å². The van der Waals surface area contributed by atoms with E-state index in [-0.39, 0.29) is 6.04 Å². The molecule has 1 aromatic carbocycles. The molecule has 0 spiro atoms. The van der Waals surface area contributed by atoms with Gasteiger partial charge in [-0.25, -0.2) is 0 Å². The second-order valence-electron chi connectivity index (χ2n) is 7.05. The fraction of sp³-hybridized carbons (Fsp3) is 0.348. The van der Waals surface area contributed by atoms with Gasteiger partial charge in [0.25, 0.3) is 0 Å². The minimum Gasteiger partial charge on any atom is -0.377 e. The van der Waals surface area contributed by atoms with Crippen LogP contribution in [0.2, 0.25) is 0 Å².